The van der Waals surface area contributed by atoms with Gasteiger partial charge in [0.05, 0.1) is 0 Å². The Kier molecular flexibility index (Phi) is 4.09. The third-order valence-corrected chi connectivity index (χ3v) is 3.63. The SMILES string of the molecule is O=C(NCc1cccnc1-n1cncn1)NC1CCCC1. The van der Waals surface area contributed by atoms with E-state index in [9.17, 15) is 4.79 Å². The second-order valence-electron chi connectivity index (χ2n) is 5.13. The summed E-state index contributed by atoms with van der Waals surface area (Å²) in [5, 5.41) is 9.95. The molecule has 110 valence electrons. The number of rotatable bonds is 4. The van der Waals surface area contributed by atoms with Gasteiger partial charge in [0.25, 0.3) is 0 Å². The molecule has 0 aliphatic heterocycles. The van der Waals surface area contributed by atoms with E-state index in [1.807, 2.05) is 12.1 Å². The zero-order valence-electron chi connectivity index (χ0n) is 11.7. The Balaban J connectivity index is 1.61. The fraction of sp³-hybridized carbons (Fsp3) is 0.429. The van der Waals surface area contributed by atoms with Gasteiger partial charge >= 0.3 is 6.03 Å². The van der Waals surface area contributed by atoms with E-state index < -0.39 is 0 Å². The van der Waals surface area contributed by atoms with Crippen LogP contribution >= 0.6 is 0 Å². The van der Waals surface area contributed by atoms with Gasteiger partial charge in [0, 0.05) is 24.3 Å². The third-order valence-electron chi connectivity index (χ3n) is 3.63. The Bertz CT molecular complexity index is 591. The van der Waals surface area contributed by atoms with E-state index in [-0.39, 0.29) is 6.03 Å². The second-order valence-corrected chi connectivity index (χ2v) is 5.13. The Morgan fingerprint density at radius 2 is 2.24 bits per heavy atom. The van der Waals surface area contributed by atoms with E-state index in [1.165, 1.54) is 19.2 Å². The number of nitrogens with zero attached hydrogens (tertiary/aromatic N) is 4. The van der Waals surface area contributed by atoms with Crippen molar-refractivity contribution in [3.05, 3.63) is 36.5 Å². The Morgan fingerprint density at radius 3 is 3.00 bits per heavy atom. The van der Waals surface area contributed by atoms with Crippen LogP contribution in [0.25, 0.3) is 5.82 Å². The van der Waals surface area contributed by atoms with E-state index in [0.717, 1.165) is 18.4 Å². The minimum Gasteiger partial charge on any atom is -0.335 e. The minimum absolute atomic E-state index is 0.129. The van der Waals surface area contributed by atoms with Crippen molar-refractivity contribution in [2.75, 3.05) is 0 Å². The predicted molar refractivity (Wildman–Crippen MR) is 76.8 cm³/mol. The first kappa shape index (κ1) is 13.5. The topological polar surface area (TPSA) is 84.7 Å². The standard InChI is InChI=1S/C14H18N6O/c21-14(19-12-5-1-2-6-12)17-8-11-4-3-7-16-13(11)20-10-15-9-18-20/h3-4,7,9-10,12H,1-2,5-6,8H2,(H2,17,19,21). The van der Waals surface area contributed by atoms with E-state index >= 15 is 0 Å². The Labute approximate surface area is 122 Å². The fourth-order valence-corrected chi connectivity index (χ4v) is 2.57. The lowest BCUT2D eigenvalue weighted by Crippen LogP contribution is -2.40. The van der Waals surface area contributed by atoms with Crippen LogP contribution in [-0.4, -0.2) is 31.8 Å². The van der Waals surface area contributed by atoms with Gasteiger partial charge in [0.2, 0.25) is 0 Å². The highest BCUT2D eigenvalue weighted by atomic mass is 16.2. The van der Waals surface area contributed by atoms with Crippen LogP contribution in [0.15, 0.2) is 31.0 Å². The van der Waals surface area contributed by atoms with E-state index in [1.54, 1.807) is 17.2 Å². The molecule has 3 rings (SSSR count). The van der Waals surface area contributed by atoms with Gasteiger partial charge in [-0.1, -0.05) is 18.9 Å². The van der Waals surface area contributed by atoms with Crippen molar-refractivity contribution in [3.8, 4) is 5.82 Å². The molecule has 0 aromatic carbocycles. The molecular formula is C14H18N6O. The number of hydrogen-bond donors (Lipinski definition) is 2. The summed E-state index contributed by atoms with van der Waals surface area (Å²) in [5.41, 5.74) is 0.893. The number of nitrogens with one attached hydrogen (secondary N) is 2. The van der Waals surface area contributed by atoms with E-state index in [2.05, 4.69) is 25.7 Å². The second kappa shape index (κ2) is 6.34. The Morgan fingerprint density at radius 1 is 1.38 bits per heavy atom. The van der Waals surface area contributed by atoms with Gasteiger partial charge in [-0.05, 0) is 18.9 Å². The summed E-state index contributed by atoms with van der Waals surface area (Å²) < 4.78 is 1.59. The highest BCUT2D eigenvalue weighted by Gasteiger charge is 2.17. The summed E-state index contributed by atoms with van der Waals surface area (Å²) in [7, 11) is 0. The Hall–Kier alpha value is -2.44. The molecule has 7 heteroatoms. The average molecular weight is 286 g/mol. The zero-order valence-corrected chi connectivity index (χ0v) is 11.7. The molecule has 2 aromatic heterocycles. The number of amides is 2. The fourth-order valence-electron chi connectivity index (χ4n) is 2.57. The van der Waals surface area contributed by atoms with Gasteiger partial charge in [-0.25, -0.2) is 19.4 Å². The maximum atomic E-state index is 11.9. The highest BCUT2D eigenvalue weighted by molar-refractivity contribution is 5.74. The molecule has 2 heterocycles. The molecule has 0 radical (unpaired) electrons. The third kappa shape index (κ3) is 3.36. The van der Waals surface area contributed by atoms with Crippen molar-refractivity contribution < 1.29 is 4.79 Å². The molecule has 0 atom stereocenters. The van der Waals surface area contributed by atoms with Gasteiger partial charge < -0.3 is 10.6 Å². The predicted octanol–water partition coefficient (Wildman–Crippen LogP) is 1.40. The maximum absolute atomic E-state index is 11.9. The van der Waals surface area contributed by atoms with E-state index in [0.29, 0.717) is 18.4 Å². The summed E-state index contributed by atoms with van der Waals surface area (Å²) >= 11 is 0. The van der Waals surface area contributed by atoms with Crippen molar-refractivity contribution in [3.63, 3.8) is 0 Å². The van der Waals surface area contributed by atoms with Crippen LogP contribution < -0.4 is 10.6 Å². The van der Waals surface area contributed by atoms with Crippen LogP contribution in [0.1, 0.15) is 31.2 Å². The minimum atomic E-state index is -0.129. The molecule has 2 aromatic rings. The summed E-state index contributed by atoms with van der Waals surface area (Å²) in [5.74, 6) is 0.677. The summed E-state index contributed by atoms with van der Waals surface area (Å²) in [4.78, 5) is 20.1. The van der Waals surface area contributed by atoms with Gasteiger partial charge in [-0.2, -0.15) is 5.10 Å². The molecule has 1 fully saturated rings. The summed E-state index contributed by atoms with van der Waals surface area (Å²) in [6, 6.07) is 3.94. The van der Waals surface area contributed by atoms with E-state index in [4.69, 9.17) is 0 Å². The molecule has 0 bridgehead atoms. The van der Waals surface area contributed by atoms with Crippen molar-refractivity contribution in [2.45, 2.75) is 38.3 Å². The lowest BCUT2D eigenvalue weighted by molar-refractivity contribution is 0.236. The number of hydrogen-bond acceptors (Lipinski definition) is 4. The average Bonchev–Trinajstić information content (AvgIpc) is 3.18. The van der Waals surface area contributed by atoms with Gasteiger partial charge in [-0.3, -0.25) is 0 Å². The zero-order chi connectivity index (χ0) is 14.5. The van der Waals surface area contributed by atoms with Crippen molar-refractivity contribution in [2.24, 2.45) is 0 Å². The first-order chi connectivity index (χ1) is 10.3. The van der Waals surface area contributed by atoms with Gasteiger partial charge in [-0.15, -0.1) is 0 Å². The lowest BCUT2D eigenvalue weighted by atomic mass is 10.2. The molecule has 7 nitrogen and oxygen atoms in total. The molecule has 0 spiro atoms. The quantitative estimate of drug-likeness (QED) is 0.890. The van der Waals surface area contributed by atoms with Crippen molar-refractivity contribution in [1.82, 2.24) is 30.4 Å². The number of pyridine rings is 1. The first-order valence-electron chi connectivity index (χ1n) is 7.16. The number of aromatic nitrogens is 4. The van der Waals surface area contributed by atoms with Crippen LogP contribution in [0.2, 0.25) is 0 Å². The maximum Gasteiger partial charge on any atom is 0.315 e. The summed E-state index contributed by atoms with van der Waals surface area (Å²) in [6.07, 6.45) is 9.28. The highest BCUT2D eigenvalue weighted by Crippen LogP contribution is 2.17. The largest absolute Gasteiger partial charge is 0.335 e. The molecule has 0 unspecified atom stereocenters. The normalized spacial score (nSPS) is 15.0. The number of carbonyl (C=O) groups is 1. The molecule has 2 N–H and O–H groups in total. The van der Waals surface area contributed by atoms with Crippen LogP contribution in [0.3, 0.4) is 0 Å². The van der Waals surface area contributed by atoms with Crippen LogP contribution in [0.5, 0.6) is 0 Å². The van der Waals surface area contributed by atoms with Crippen LogP contribution in [0.4, 0.5) is 4.79 Å². The van der Waals surface area contributed by atoms with Crippen LogP contribution in [0, 0.1) is 0 Å². The molecule has 2 amide bonds. The lowest BCUT2D eigenvalue weighted by Gasteiger charge is -2.14. The van der Waals surface area contributed by atoms with Crippen molar-refractivity contribution >= 4 is 6.03 Å². The molecule has 1 aliphatic carbocycles. The number of urea groups is 1. The summed E-state index contributed by atoms with van der Waals surface area (Å²) in [6.45, 7) is 0.404. The monoisotopic (exact) mass is 286 g/mol. The molecule has 0 saturated heterocycles. The molecule has 21 heavy (non-hydrogen) atoms. The molecule has 1 aliphatic rings. The molecule has 1 saturated carbocycles. The first-order valence-corrected chi connectivity index (χ1v) is 7.16. The molecular weight excluding hydrogens is 268 g/mol. The van der Waals surface area contributed by atoms with Crippen molar-refractivity contribution in [1.29, 1.82) is 0 Å². The van der Waals surface area contributed by atoms with Gasteiger partial charge in [0.15, 0.2) is 5.82 Å². The number of carbonyl (C=O) groups excluding carboxylic acids is 1. The van der Waals surface area contributed by atoms with Gasteiger partial charge in [0.1, 0.15) is 12.7 Å². The van der Waals surface area contributed by atoms with Crippen LogP contribution in [-0.2, 0) is 6.54 Å². The smallest absolute Gasteiger partial charge is 0.315 e.